The van der Waals surface area contributed by atoms with Crippen LogP contribution in [0.4, 0.5) is 23.2 Å². The predicted molar refractivity (Wildman–Crippen MR) is 129 cm³/mol. The zero-order chi connectivity index (χ0) is 27.0. The van der Waals surface area contributed by atoms with Gasteiger partial charge >= 0.3 is 12.1 Å². The lowest BCUT2D eigenvalue weighted by Crippen LogP contribution is -2.13. The molecule has 0 aliphatic carbocycles. The van der Waals surface area contributed by atoms with Crippen LogP contribution < -0.4 is 15.2 Å². The molecule has 2 N–H and O–H groups in total. The van der Waals surface area contributed by atoms with Crippen LogP contribution in [0.2, 0.25) is 0 Å². The first kappa shape index (κ1) is 30.9. The number of halogens is 5. The lowest BCUT2D eigenvalue weighted by molar-refractivity contribution is -0.137. The molecule has 0 aromatic heterocycles. The third-order valence-electron chi connectivity index (χ3n) is 4.81. The molecule has 0 fully saturated rings. The van der Waals surface area contributed by atoms with Crippen LogP contribution in [-0.2, 0) is 10.9 Å². The van der Waals surface area contributed by atoms with Gasteiger partial charge in [0.25, 0.3) is 0 Å². The van der Waals surface area contributed by atoms with Crippen LogP contribution in [0.5, 0.6) is 11.5 Å². The number of benzene rings is 3. The van der Waals surface area contributed by atoms with Gasteiger partial charge in [-0.15, -0.1) is 12.4 Å². The van der Waals surface area contributed by atoms with Crippen LogP contribution in [-0.4, -0.2) is 39.4 Å². The van der Waals surface area contributed by atoms with Crippen LogP contribution in [0.1, 0.15) is 42.2 Å². The van der Waals surface area contributed by atoms with Crippen LogP contribution in [0.3, 0.4) is 0 Å². The van der Waals surface area contributed by atoms with Gasteiger partial charge in [-0.2, -0.15) is 13.2 Å². The molecule has 0 bridgehead atoms. The van der Waals surface area contributed by atoms with Gasteiger partial charge in [-0.25, -0.2) is 9.18 Å². The van der Waals surface area contributed by atoms with Crippen molar-refractivity contribution < 1.29 is 46.2 Å². The molecule has 7 nitrogen and oxygen atoms in total. The van der Waals surface area contributed by atoms with E-state index < -0.39 is 40.4 Å². The summed E-state index contributed by atoms with van der Waals surface area (Å²) in [5.74, 6) is -2.30. The second kappa shape index (κ2) is 13.3. The van der Waals surface area contributed by atoms with Crippen molar-refractivity contribution in [3.05, 3.63) is 88.2 Å². The van der Waals surface area contributed by atoms with Crippen molar-refractivity contribution in [2.24, 2.45) is 0 Å². The molecule has 3 aromatic rings. The molecule has 0 saturated carbocycles. The number of rotatable bonds is 6. The Hall–Kier alpha value is -4.12. The normalized spacial score (nSPS) is 10.2. The number of hydrogen-bond acceptors (Lipinski definition) is 7. The lowest BCUT2D eigenvalue weighted by Gasteiger charge is -2.12. The second-order valence-electron chi connectivity index (χ2n) is 7.02. The highest BCUT2D eigenvalue weighted by atomic mass is 35.5. The summed E-state index contributed by atoms with van der Waals surface area (Å²) >= 11 is 0. The summed E-state index contributed by atoms with van der Waals surface area (Å²) in [6, 6.07) is 11.3. The number of ketones is 1. The van der Waals surface area contributed by atoms with Gasteiger partial charge in [0.2, 0.25) is 0 Å². The van der Waals surface area contributed by atoms with Crippen LogP contribution in [0, 0.1) is 5.82 Å². The molecule has 0 atom stereocenters. The van der Waals surface area contributed by atoms with Crippen molar-refractivity contribution >= 4 is 36.1 Å². The van der Waals surface area contributed by atoms with E-state index in [9.17, 15) is 31.9 Å². The minimum absolute atomic E-state index is 0. The molecule has 0 radical (unpaired) electrons. The molecule has 0 saturated heterocycles. The van der Waals surface area contributed by atoms with Crippen LogP contribution >= 0.6 is 12.4 Å². The van der Waals surface area contributed by atoms with Gasteiger partial charge in [0.1, 0.15) is 5.82 Å². The molecule has 0 unspecified atom stereocenters. The van der Waals surface area contributed by atoms with E-state index in [1.54, 1.807) is 24.3 Å². The van der Waals surface area contributed by atoms with Crippen molar-refractivity contribution in [1.29, 1.82) is 0 Å². The van der Waals surface area contributed by atoms with Crippen molar-refractivity contribution in [3.8, 4) is 11.5 Å². The minimum atomic E-state index is -4.84. The van der Waals surface area contributed by atoms with E-state index in [1.807, 2.05) is 0 Å². The summed E-state index contributed by atoms with van der Waals surface area (Å²) in [5.41, 5.74) is 3.24. The Labute approximate surface area is 215 Å². The number of alkyl halides is 3. The fourth-order valence-electron chi connectivity index (χ4n) is 2.99. The third kappa shape index (κ3) is 7.43. The number of methoxy groups -OCH3 is 3. The molecule has 3 aromatic carbocycles. The Morgan fingerprint density at radius 1 is 0.892 bits per heavy atom. The first-order valence-electron chi connectivity index (χ1n) is 10.0. The lowest BCUT2D eigenvalue weighted by atomic mass is 9.97. The van der Waals surface area contributed by atoms with Crippen molar-refractivity contribution in [2.75, 3.05) is 27.1 Å². The fourth-order valence-corrected chi connectivity index (χ4v) is 2.99. The van der Waals surface area contributed by atoms with E-state index >= 15 is 0 Å². The summed E-state index contributed by atoms with van der Waals surface area (Å²) in [6.07, 6.45) is -4.91. The van der Waals surface area contributed by atoms with Gasteiger partial charge in [-0.1, -0.05) is 12.1 Å². The first-order chi connectivity index (χ1) is 17.0. The SMILES string of the molecule is COC(=O)c1ccccc1N.COc1ccc(C(=O)c2cc(C(F)(F)F)cc(C=O)c2F)cc1OC.Cl. The van der Waals surface area contributed by atoms with Gasteiger partial charge in [-0.3, -0.25) is 9.59 Å². The maximum absolute atomic E-state index is 14.2. The number of para-hydroxylation sites is 1. The number of esters is 1. The number of aldehydes is 1. The van der Waals surface area contributed by atoms with Crippen molar-refractivity contribution in [2.45, 2.75) is 6.18 Å². The van der Waals surface area contributed by atoms with E-state index in [4.69, 9.17) is 15.2 Å². The zero-order valence-electron chi connectivity index (χ0n) is 19.7. The smallest absolute Gasteiger partial charge is 0.416 e. The molecule has 0 spiro atoms. The summed E-state index contributed by atoms with van der Waals surface area (Å²) in [4.78, 5) is 34.2. The maximum atomic E-state index is 14.2. The van der Waals surface area contributed by atoms with Gasteiger partial charge in [0.05, 0.1) is 43.6 Å². The molecule has 0 heterocycles. The maximum Gasteiger partial charge on any atom is 0.416 e. The minimum Gasteiger partial charge on any atom is -0.493 e. The number of nitrogen functional groups attached to an aromatic ring is 1. The van der Waals surface area contributed by atoms with Gasteiger partial charge < -0.3 is 19.9 Å². The molecule has 198 valence electrons. The summed E-state index contributed by atoms with van der Waals surface area (Å²) < 4.78 is 67.5. The molecule has 0 aliphatic heterocycles. The molecule has 37 heavy (non-hydrogen) atoms. The number of nitrogens with two attached hydrogens (primary N) is 1. The predicted octanol–water partition coefficient (Wildman–Crippen LogP) is 5.38. The van der Waals surface area contributed by atoms with E-state index in [-0.39, 0.29) is 35.8 Å². The molecule has 3 rings (SSSR count). The molecule has 0 amide bonds. The Kier molecular flexibility index (Phi) is 11.1. The Balaban J connectivity index is 0.000000479. The van der Waals surface area contributed by atoms with Crippen LogP contribution in [0.25, 0.3) is 0 Å². The Morgan fingerprint density at radius 3 is 2.03 bits per heavy atom. The molecular weight excluding hydrogens is 522 g/mol. The summed E-state index contributed by atoms with van der Waals surface area (Å²) in [6.45, 7) is 0. The molecular formula is C25H22ClF4NO6. The van der Waals surface area contributed by atoms with Crippen LogP contribution in [0.15, 0.2) is 54.6 Å². The zero-order valence-corrected chi connectivity index (χ0v) is 20.5. The van der Waals surface area contributed by atoms with E-state index in [1.165, 1.54) is 39.5 Å². The quantitative estimate of drug-likeness (QED) is 0.146. The highest BCUT2D eigenvalue weighted by molar-refractivity contribution is 6.10. The van der Waals surface area contributed by atoms with E-state index in [2.05, 4.69) is 4.74 Å². The summed E-state index contributed by atoms with van der Waals surface area (Å²) in [5, 5.41) is 0. The number of carbonyl (C=O) groups is 3. The fraction of sp³-hybridized carbons (Fsp3) is 0.160. The highest BCUT2D eigenvalue weighted by Gasteiger charge is 2.33. The van der Waals surface area contributed by atoms with E-state index in [0.29, 0.717) is 23.4 Å². The van der Waals surface area contributed by atoms with Crippen molar-refractivity contribution in [1.82, 2.24) is 0 Å². The number of ether oxygens (including phenoxy) is 3. The Bertz CT molecular complexity index is 1280. The third-order valence-corrected chi connectivity index (χ3v) is 4.81. The number of carbonyl (C=O) groups excluding carboxylic acids is 3. The topological polar surface area (TPSA) is 105 Å². The van der Waals surface area contributed by atoms with Gasteiger partial charge in [-0.05, 0) is 42.5 Å². The summed E-state index contributed by atoms with van der Waals surface area (Å²) in [7, 11) is 4.00. The molecule has 12 heteroatoms. The standard InChI is InChI=1S/C17H12F4O4.C8H9NO2.ClH/c1-24-13-4-3-9(6-14(13)25-2)16(23)12-7-11(17(19,20)21)5-10(8-22)15(12)18;1-11-8(10)6-4-2-3-5-7(6)9;/h3-8H,1-2H3;2-5H,9H2,1H3;1H. The number of hydrogen-bond donors (Lipinski definition) is 1. The van der Waals surface area contributed by atoms with Gasteiger partial charge in [0.15, 0.2) is 23.6 Å². The highest BCUT2D eigenvalue weighted by Crippen LogP contribution is 2.33. The Morgan fingerprint density at radius 2 is 1.51 bits per heavy atom. The first-order valence-corrected chi connectivity index (χ1v) is 10.0. The monoisotopic (exact) mass is 543 g/mol. The van der Waals surface area contributed by atoms with Crippen molar-refractivity contribution in [3.63, 3.8) is 0 Å². The van der Waals surface area contributed by atoms with Gasteiger partial charge in [0, 0.05) is 11.3 Å². The average molecular weight is 544 g/mol. The second-order valence-corrected chi connectivity index (χ2v) is 7.02. The number of anilines is 1. The largest absolute Gasteiger partial charge is 0.493 e. The molecule has 0 aliphatic rings. The average Bonchev–Trinajstić information content (AvgIpc) is 2.87. The van der Waals surface area contributed by atoms with E-state index in [0.717, 1.165) is 0 Å².